The molecule has 1 aliphatic carbocycles. The lowest BCUT2D eigenvalue weighted by Gasteiger charge is -2.32. The number of hydrogen-bond donors (Lipinski definition) is 2. The van der Waals surface area contributed by atoms with E-state index in [1.807, 2.05) is 0 Å². The van der Waals surface area contributed by atoms with Crippen LogP contribution in [0.5, 0.6) is 0 Å². The van der Waals surface area contributed by atoms with Gasteiger partial charge >= 0.3 is 5.97 Å². The Hall–Kier alpha value is -0.570. The summed E-state index contributed by atoms with van der Waals surface area (Å²) in [7, 11) is 1.81. The lowest BCUT2D eigenvalue weighted by molar-refractivity contribution is -0.145. The van der Waals surface area contributed by atoms with Gasteiger partial charge in [0, 0.05) is 6.04 Å². The van der Waals surface area contributed by atoms with E-state index in [1.165, 1.54) is 0 Å². The molecule has 52 valence electrons. The van der Waals surface area contributed by atoms with Crippen molar-refractivity contribution < 1.29 is 9.90 Å². The summed E-state index contributed by atoms with van der Waals surface area (Å²) in [4.78, 5) is 10.3. The van der Waals surface area contributed by atoms with Gasteiger partial charge in [-0.05, 0) is 19.9 Å². The molecule has 1 rings (SSSR count). The molecular formula is C6H11NO2. The standard InChI is InChI=1S/C6H11NO2/c1-7-5-3-2-4(5)6(8)9/h4-5,7H,2-3H2,1H3,(H,8,9). The van der Waals surface area contributed by atoms with Gasteiger partial charge in [-0.1, -0.05) is 0 Å². The Labute approximate surface area is 54.1 Å². The first-order chi connectivity index (χ1) is 4.25. The van der Waals surface area contributed by atoms with Gasteiger partial charge in [-0.15, -0.1) is 0 Å². The molecule has 0 aromatic carbocycles. The maximum absolute atomic E-state index is 10.3. The molecule has 2 N–H and O–H groups in total. The summed E-state index contributed by atoms with van der Waals surface area (Å²) in [6, 6.07) is 0.225. The number of aliphatic carboxylic acids is 1. The van der Waals surface area contributed by atoms with Gasteiger partial charge in [-0.3, -0.25) is 4.79 Å². The maximum Gasteiger partial charge on any atom is 0.308 e. The molecule has 1 fully saturated rings. The minimum atomic E-state index is -0.666. The fourth-order valence-corrected chi connectivity index (χ4v) is 1.14. The van der Waals surface area contributed by atoms with E-state index in [1.54, 1.807) is 7.05 Å². The average molecular weight is 129 g/mol. The molecule has 3 heteroatoms. The van der Waals surface area contributed by atoms with Crippen molar-refractivity contribution >= 4 is 5.97 Å². The Balaban J connectivity index is 2.35. The highest BCUT2D eigenvalue weighted by Crippen LogP contribution is 2.26. The molecule has 0 saturated heterocycles. The van der Waals surface area contributed by atoms with Gasteiger partial charge in [0.05, 0.1) is 5.92 Å². The van der Waals surface area contributed by atoms with Crippen LogP contribution in [0, 0.1) is 5.92 Å². The molecular weight excluding hydrogens is 118 g/mol. The third-order valence-corrected chi connectivity index (χ3v) is 1.96. The van der Waals surface area contributed by atoms with E-state index < -0.39 is 5.97 Å². The van der Waals surface area contributed by atoms with Gasteiger partial charge in [-0.25, -0.2) is 0 Å². The van der Waals surface area contributed by atoms with Crippen molar-refractivity contribution in [3.8, 4) is 0 Å². The first-order valence-corrected chi connectivity index (χ1v) is 3.15. The molecule has 0 aromatic heterocycles. The smallest absolute Gasteiger partial charge is 0.308 e. The molecule has 9 heavy (non-hydrogen) atoms. The predicted octanol–water partition coefficient (Wildman–Crippen LogP) is 0.0690. The van der Waals surface area contributed by atoms with Gasteiger partial charge < -0.3 is 10.4 Å². The molecule has 0 radical (unpaired) electrons. The van der Waals surface area contributed by atoms with E-state index in [9.17, 15) is 4.79 Å². The molecule has 0 aliphatic heterocycles. The minimum Gasteiger partial charge on any atom is -0.481 e. The second-order valence-corrected chi connectivity index (χ2v) is 2.42. The molecule has 2 atom stereocenters. The summed E-state index contributed by atoms with van der Waals surface area (Å²) >= 11 is 0. The molecule has 0 spiro atoms. The van der Waals surface area contributed by atoms with Crippen molar-refractivity contribution in [2.24, 2.45) is 5.92 Å². The summed E-state index contributed by atoms with van der Waals surface area (Å²) in [5, 5.41) is 11.4. The van der Waals surface area contributed by atoms with Gasteiger partial charge in [0.1, 0.15) is 0 Å². The third kappa shape index (κ3) is 1.05. The second kappa shape index (κ2) is 2.35. The lowest BCUT2D eigenvalue weighted by atomic mass is 9.80. The van der Waals surface area contributed by atoms with Crippen LogP contribution in [0.3, 0.4) is 0 Å². The second-order valence-electron chi connectivity index (χ2n) is 2.42. The Morgan fingerprint density at radius 3 is 2.44 bits per heavy atom. The molecule has 0 bridgehead atoms. The van der Waals surface area contributed by atoms with E-state index in [2.05, 4.69) is 5.32 Å². The molecule has 0 aromatic rings. The first kappa shape index (κ1) is 6.55. The Morgan fingerprint density at radius 1 is 1.67 bits per heavy atom. The fourth-order valence-electron chi connectivity index (χ4n) is 1.14. The van der Waals surface area contributed by atoms with E-state index in [-0.39, 0.29) is 12.0 Å². The predicted molar refractivity (Wildman–Crippen MR) is 33.2 cm³/mol. The summed E-state index contributed by atoms with van der Waals surface area (Å²) in [6.07, 6.45) is 1.84. The zero-order valence-corrected chi connectivity index (χ0v) is 5.42. The number of carboxylic acid groups (broad SMARTS) is 1. The van der Waals surface area contributed by atoms with Gasteiger partial charge in [-0.2, -0.15) is 0 Å². The van der Waals surface area contributed by atoms with Crippen molar-refractivity contribution in [1.29, 1.82) is 0 Å². The van der Waals surface area contributed by atoms with Crippen LogP contribution in [0.25, 0.3) is 0 Å². The number of carboxylic acids is 1. The van der Waals surface area contributed by atoms with Gasteiger partial charge in [0.2, 0.25) is 0 Å². The highest BCUT2D eigenvalue weighted by molar-refractivity contribution is 5.72. The highest BCUT2D eigenvalue weighted by atomic mass is 16.4. The average Bonchev–Trinajstić information content (AvgIpc) is 1.61. The van der Waals surface area contributed by atoms with Crippen LogP contribution >= 0.6 is 0 Å². The summed E-state index contributed by atoms with van der Waals surface area (Å²) < 4.78 is 0. The molecule has 1 saturated carbocycles. The van der Waals surface area contributed by atoms with Crippen LogP contribution < -0.4 is 5.32 Å². The van der Waals surface area contributed by atoms with Crippen LogP contribution in [0.15, 0.2) is 0 Å². The third-order valence-electron chi connectivity index (χ3n) is 1.96. The topological polar surface area (TPSA) is 49.3 Å². The molecule has 0 heterocycles. The van der Waals surface area contributed by atoms with Gasteiger partial charge in [0.15, 0.2) is 0 Å². The number of hydrogen-bond acceptors (Lipinski definition) is 2. The zero-order chi connectivity index (χ0) is 6.85. The van der Waals surface area contributed by atoms with Crippen molar-refractivity contribution in [2.75, 3.05) is 7.05 Å². The quantitative estimate of drug-likeness (QED) is 0.554. The summed E-state index contributed by atoms with van der Waals surface area (Å²) in [6.45, 7) is 0. The van der Waals surface area contributed by atoms with Crippen LogP contribution in [0.1, 0.15) is 12.8 Å². The van der Waals surface area contributed by atoms with Crippen molar-refractivity contribution in [2.45, 2.75) is 18.9 Å². The molecule has 3 nitrogen and oxygen atoms in total. The SMILES string of the molecule is CNC1CCC1C(=O)O. The maximum atomic E-state index is 10.3. The fraction of sp³-hybridized carbons (Fsp3) is 0.833. The molecule has 1 aliphatic rings. The van der Waals surface area contributed by atoms with E-state index >= 15 is 0 Å². The largest absolute Gasteiger partial charge is 0.481 e. The van der Waals surface area contributed by atoms with Crippen LogP contribution in [-0.2, 0) is 4.79 Å². The normalized spacial score (nSPS) is 33.4. The number of rotatable bonds is 2. The van der Waals surface area contributed by atoms with E-state index in [0.29, 0.717) is 0 Å². The monoisotopic (exact) mass is 129 g/mol. The van der Waals surface area contributed by atoms with Crippen LogP contribution in [0.2, 0.25) is 0 Å². The first-order valence-electron chi connectivity index (χ1n) is 3.15. The molecule has 2 unspecified atom stereocenters. The van der Waals surface area contributed by atoms with E-state index in [4.69, 9.17) is 5.11 Å². The van der Waals surface area contributed by atoms with Crippen molar-refractivity contribution in [1.82, 2.24) is 5.32 Å². The Morgan fingerprint density at radius 2 is 2.33 bits per heavy atom. The highest BCUT2D eigenvalue weighted by Gasteiger charge is 2.34. The summed E-state index contributed by atoms with van der Waals surface area (Å²) in [5.74, 6) is -0.796. The number of carbonyl (C=O) groups is 1. The Kier molecular flexibility index (Phi) is 1.71. The zero-order valence-electron chi connectivity index (χ0n) is 5.42. The van der Waals surface area contributed by atoms with Crippen LogP contribution in [0.4, 0.5) is 0 Å². The lowest BCUT2D eigenvalue weighted by Crippen LogP contribution is -2.45. The molecule has 0 amide bonds. The number of nitrogens with one attached hydrogen (secondary N) is 1. The van der Waals surface area contributed by atoms with Crippen molar-refractivity contribution in [3.05, 3.63) is 0 Å². The Bertz CT molecular complexity index is 122. The van der Waals surface area contributed by atoms with E-state index in [0.717, 1.165) is 12.8 Å². The van der Waals surface area contributed by atoms with Gasteiger partial charge in [0.25, 0.3) is 0 Å². The minimum absolute atomic E-state index is 0.130. The van der Waals surface area contributed by atoms with Crippen molar-refractivity contribution in [3.63, 3.8) is 0 Å². The van der Waals surface area contributed by atoms with Crippen LogP contribution in [-0.4, -0.2) is 24.2 Å². The summed E-state index contributed by atoms with van der Waals surface area (Å²) in [5.41, 5.74) is 0.